The van der Waals surface area contributed by atoms with Gasteiger partial charge in [0.15, 0.2) is 0 Å². The first-order valence-electron chi connectivity index (χ1n) is 4.17. The molecule has 1 aromatic rings. The largest absolute Gasteiger partial charge is 0.298 e. The van der Waals surface area contributed by atoms with Crippen molar-refractivity contribution in [2.75, 3.05) is 0 Å². The van der Waals surface area contributed by atoms with Gasteiger partial charge in [-0.05, 0) is 23.6 Å². The number of hydrogen-bond donors (Lipinski definition) is 0. The van der Waals surface area contributed by atoms with Gasteiger partial charge in [-0.1, -0.05) is 13.8 Å². The molecule has 0 aromatic carbocycles. The lowest BCUT2D eigenvalue weighted by Gasteiger charge is -2.02. The summed E-state index contributed by atoms with van der Waals surface area (Å²) >= 11 is 0. The summed E-state index contributed by atoms with van der Waals surface area (Å²) < 4.78 is 0. The van der Waals surface area contributed by atoms with E-state index in [9.17, 15) is 4.79 Å². The SMILES string of the molecule is CC(C)/C(C=O)=C/c1ccncn1. The molecule has 0 atom stereocenters. The second kappa shape index (κ2) is 4.50. The van der Waals surface area contributed by atoms with Gasteiger partial charge in [0.25, 0.3) is 0 Å². The minimum Gasteiger partial charge on any atom is -0.298 e. The molecule has 68 valence electrons. The Balaban J connectivity index is 2.92. The van der Waals surface area contributed by atoms with Crippen LogP contribution >= 0.6 is 0 Å². The molecule has 0 radical (unpaired) electrons. The van der Waals surface area contributed by atoms with Crippen LogP contribution in [0.4, 0.5) is 0 Å². The van der Waals surface area contributed by atoms with Crippen LogP contribution in [0.25, 0.3) is 6.08 Å². The van der Waals surface area contributed by atoms with Crippen LogP contribution in [0.15, 0.2) is 24.2 Å². The molecule has 0 fully saturated rings. The van der Waals surface area contributed by atoms with Crippen molar-refractivity contribution in [3.05, 3.63) is 29.9 Å². The van der Waals surface area contributed by atoms with E-state index in [1.165, 1.54) is 6.33 Å². The highest BCUT2D eigenvalue weighted by molar-refractivity contribution is 5.81. The van der Waals surface area contributed by atoms with Crippen molar-refractivity contribution < 1.29 is 4.79 Å². The zero-order valence-corrected chi connectivity index (χ0v) is 7.77. The molecule has 3 heteroatoms. The van der Waals surface area contributed by atoms with Gasteiger partial charge in [-0.3, -0.25) is 4.79 Å². The van der Waals surface area contributed by atoms with Crippen molar-refractivity contribution in [3.63, 3.8) is 0 Å². The van der Waals surface area contributed by atoms with E-state index in [0.29, 0.717) is 0 Å². The van der Waals surface area contributed by atoms with Crippen molar-refractivity contribution >= 4 is 12.4 Å². The van der Waals surface area contributed by atoms with E-state index < -0.39 is 0 Å². The van der Waals surface area contributed by atoms with E-state index in [1.54, 1.807) is 18.3 Å². The van der Waals surface area contributed by atoms with Gasteiger partial charge in [-0.25, -0.2) is 9.97 Å². The molecule has 13 heavy (non-hydrogen) atoms. The predicted octanol–water partition coefficient (Wildman–Crippen LogP) is 1.71. The van der Waals surface area contributed by atoms with E-state index >= 15 is 0 Å². The summed E-state index contributed by atoms with van der Waals surface area (Å²) in [5.74, 6) is 0.229. The molecule has 0 aliphatic rings. The number of carbonyl (C=O) groups excluding carboxylic acids is 1. The van der Waals surface area contributed by atoms with Crippen LogP contribution in [0.5, 0.6) is 0 Å². The van der Waals surface area contributed by atoms with E-state index in [2.05, 4.69) is 9.97 Å². The smallest absolute Gasteiger partial charge is 0.146 e. The van der Waals surface area contributed by atoms with E-state index in [1.807, 2.05) is 13.8 Å². The van der Waals surface area contributed by atoms with E-state index in [4.69, 9.17) is 0 Å². The quantitative estimate of drug-likeness (QED) is 0.520. The number of rotatable bonds is 3. The minimum atomic E-state index is 0.229. The molecule has 0 bridgehead atoms. The highest BCUT2D eigenvalue weighted by Gasteiger charge is 2.01. The average Bonchev–Trinajstić information content (AvgIpc) is 2.15. The Morgan fingerprint density at radius 1 is 1.54 bits per heavy atom. The van der Waals surface area contributed by atoms with Gasteiger partial charge in [0.2, 0.25) is 0 Å². The van der Waals surface area contributed by atoms with Gasteiger partial charge < -0.3 is 0 Å². The lowest BCUT2D eigenvalue weighted by atomic mass is 10.0. The normalized spacial score (nSPS) is 11.8. The van der Waals surface area contributed by atoms with Crippen LogP contribution in [0, 0.1) is 5.92 Å². The first-order valence-corrected chi connectivity index (χ1v) is 4.17. The lowest BCUT2D eigenvalue weighted by molar-refractivity contribution is -0.105. The number of aromatic nitrogens is 2. The third kappa shape index (κ3) is 2.78. The zero-order chi connectivity index (χ0) is 9.68. The van der Waals surface area contributed by atoms with Gasteiger partial charge in [0.05, 0.1) is 5.69 Å². The fourth-order valence-electron chi connectivity index (χ4n) is 0.894. The van der Waals surface area contributed by atoms with Gasteiger partial charge in [0, 0.05) is 6.20 Å². The summed E-state index contributed by atoms with van der Waals surface area (Å²) in [6.45, 7) is 3.95. The molecule has 0 N–H and O–H groups in total. The fourth-order valence-corrected chi connectivity index (χ4v) is 0.894. The molecule has 0 spiro atoms. The molecule has 1 heterocycles. The van der Waals surface area contributed by atoms with Crippen LogP contribution in [0.2, 0.25) is 0 Å². The van der Waals surface area contributed by atoms with Crippen molar-refractivity contribution in [3.8, 4) is 0 Å². The van der Waals surface area contributed by atoms with Gasteiger partial charge in [-0.2, -0.15) is 0 Å². The topological polar surface area (TPSA) is 42.9 Å². The molecule has 1 aromatic heterocycles. The summed E-state index contributed by atoms with van der Waals surface area (Å²) in [6, 6.07) is 1.77. The molecule has 0 amide bonds. The van der Waals surface area contributed by atoms with Crippen molar-refractivity contribution in [1.29, 1.82) is 0 Å². The monoisotopic (exact) mass is 176 g/mol. The van der Waals surface area contributed by atoms with Gasteiger partial charge >= 0.3 is 0 Å². The molecule has 0 saturated heterocycles. The van der Waals surface area contributed by atoms with E-state index in [0.717, 1.165) is 17.6 Å². The molecule has 0 unspecified atom stereocenters. The van der Waals surface area contributed by atoms with Crippen LogP contribution in [0.3, 0.4) is 0 Å². The lowest BCUT2D eigenvalue weighted by Crippen LogP contribution is -1.95. The number of nitrogens with zero attached hydrogens (tertiary/aromatic N) is 2. The van der Waals surface area contributed by atoms with Crippen molar-refractivity contribution in [2.24, 2.45) is 5.92 Å². The Morgan fingerprint density at radius 2 is 2.31 bits per heavy atom. The second-order valence-electron chi connectivity index (χ2n) is 3.05. The average molecular weight is 176 g/mol. The fraction of sp³-hybridized carbons (Fsp3) is 0.300. The molecule has 0 saturated carbocycles. The van der Waals surface area contributed by atoms with Gasteiger partial charge in [-0.15, -0.1) is 0 Å². The first kappa shape index (κ1) is 9.58. The highest BCUT2D eigenvalue weighted by Crippen LogP contribution is 2.10. The third-order valence-corrected chi connectivity index (χ3v) is 1.72. The Hall–Kier alpha value is -1.51. The Bertz CT molecular complexity index is 304. The maximum atomic E-state index is 10.6. The van der Waals surface area contributed by atoms with Gasteiger partial charge in [0.1, 0.15) is 12.6 Å². The summed E-state index contributed by atoms with van der Waals surface area (Å²) in [7, 11) is 0. The maximum Gasteiger partial charge on any atom is 0.146 e. The maximum absolute atomic E-state index is 10.6. The molecule has 3 nitrogen and oxygen atoms in total. The molecular weight excluding hydrogens is 164 g/mol. The standard InChI is InChI=1S/C10H12N2O/c1-8(2)9(6-13)5-10-3-4-11-7-12-10/h3-8H,1-2H3/b9-5+. The number of allylic oxidation sites excluding steroid dienone is 1. The first-order chi connectivity index (χ1) is 6.24. The summed E-state index contributed by atoms with van der Waals surface area (Å²) in [5.41, 5.74) is 1.52. The number of aldehydes is 1. The Morgan fingerprint density at radius 3 is 2.77 bits per heavy atom. The molecular formula is C10H12N2O. The van der Waals surface area contributed by atoms with Crippen LogP contribution < -0.4 is 0 Å². The second-order valence-corrected chi connectivity index (χ2v) is 3.05. The third-order valence-electron chi connectivity index (χ3n) is 1.72. The van der Waals surface area contributed by atoms with Crippen LogP contribution in [-0.4, -0.2) is 16.3 Å². The zero-order valence-electron chi connectivity index (χ0n) is 7.77. The number of hydrogen-bond acceptors (Lipinski definition) is 3. The number of carbonyl (C=O) groups is 1. The summed E-state index contributed by atoms with van der Waals surface area (Å²) in [4.78, 5) is 18.4. The van der Waals surface area contributed by atoms with Crippen molar-refractivity contribution in [2.45, 2.75) is 13.8 Å². The molecule has 0 aliphatic heterocycles. The van der Waals surface area contributed by atoms with Crippen LogP contribution in [-0.2, 0) is 4.79 Å². The highest BCUT2D eigenvalue weighted by atomic mass is 16.1. The minimum absolute atomic E-state index is 0.229. The Kier molecular flexibility index (Phi) is 3.31. The summed E-state index contributed by atoms with van der Waals surface area (Å²) in [5, 5.41) is 0. The predicted molar refractivity (Wildman–Crippen MR) is 50.9 cm³/mol. The van der Waals surface area contributed by atoms with Crippen molar-refractivity contribution in [1.82, 2.24) is 9.97 Å². The Labute approximate surface area is 77.5 Å². The van der Waals surface area contributed by atoms with Crippen LogP contribution in [0.1, 0.15) is 19.5 Å². The summed E-state index contributed by atoms with van der Waals surface area (Å²) in [6.07, 6.45) is 5.77. The molecule has 0 aliphatic carbocycles. The van der Waals surface area contributed by atoms with E-state index in [-0.39, 0.29) is 5.92 Å². The molecule has 1 rings (SSSR count).